The number of carbonyl (C=O) groups is 2. The van der Waals surface area contributed by atoms with Gasteiger partial charge in [0.2, 0.25) is 0 Å². The Labute approximate surface area is 162 Å². The number of aliphatic hydroxyl groups is 3. The van der Waals surface area contributed by atoms with Crippen molar-refractivity contribution in [3.63, 3.8) is 0 Å². The highest BCUT2D eigenvalue weighted by molar-refractivity contribution is 6.01. The molecule has 3 fully saturated rings. The zero-order chi connectivity index (χ0) is 22.5. The SMILES string of the molecule is [2H]C1C[C@H]2[C@@H]3CCC4=CC(=O)C=C[C@]4(C)[C@@]3(F)[C@@H](O)C[C@]2(C)[C@@]1(O)C(=O)C([2H])([2H])O. The van der Waals surface area contributed by atoms with E-state index in [1.807, 2.05) is 0 Å². The first-order valence-corrected chi connectivity index (χ1v) is 9.37. The number of allylic oxidation sites excluding steroid dienone is 4. The normalized spacial score (nSPS) is 56.1. The summed E-state index contributed by atoms with van der Waals surface area (Å²) < 4.78 is 40.1. The Bertz CT molecular complexity index is 884. The number of ketones is 2. The molecule has 3 N–H and O–H groups in total. The van der Waals surface area contributed by atoms with Gasteiger partial charge in [-0.1, -0.05) is 18.6 Å². The fraction of sp³-hybridized carbons (Fsp3) is 0.714. The second-order valence-electron chi connectivity index (χ2n) is 8.91. The summed E-state index contributed by atoms with van der Waals surface area (Å²) in [5, 5.41) is 32.0. The average molecular weight is 381 g/mol. The lowest BCUT2D eigenvalue weighted by atomic mass is 9.44. The molecule has 0 saturated heterocycles. The minimum Gasteiger partial charge on any atom is -0.390 e. The lowest BCUT2D eigenvalue weighted by Gasteiger charge is -2.62. The van der Waals surface area contributed by atoms with Gasteiger partial charge < -0.3 is 15.3 Å². The average Bonchev–Trinajstić information content (AvgIpc) is 2.84. The first-order chi connectivity index (χ1) is 13.6. The standard InChI is InChI=1S/C21H27FO5/c1-18-7-5-13(24)9-12(18)3-4-15-14-6-8-20(27,17(26)11-23)19(14,2)10-16(25)21(15,18)22/h5,7,9,14-16,23,25,27H,3-4,6,8,10-11H2,1-2H3/t14-,15-,16-,18-,19-,20-,21-/m0/s1/i8D,11D2/t8?,14-,15-,16-,18-,19-,20-,21-. The molecule has 0 aromatic carbocycles. The third-order valence-corrected chi connectivity index (χ3v) is 8.02. The van der Waals surface area contributed by atoms with Crippen molar-refractivity contribution in [2.24, 2.45) is 22.7 Å². The molecule has 0 bridgehead atoms. The quantitative estimate of drug-likeness (QED) is 0.676. The molecule has 4 aliphatic rings. The van der Waals surface area contributed by atoms with Crippen molar-refractivity contribution >= 4 is 11.6 Å². The largest absolute Gasteiger partial charge is 0.390 e. The van der Waals surface area contributed by atoms with E-state index in [0.717, 1.165) is 0 Å². The molecule has 4 aliphatic carbocycles. The summed E-state index contributed by atoms with van der Waals surface area (Å²) in [6.45, 7) is -0.245. The van der Waals surface area contributed by atoms with Crippen LogP contribution in [0.1, 0.15) is 50.0 Å². The number of Topliss-reactive ketones (excluding diaryl/α,β-unsaturated/α-hetero) is 1. The molecule has 4 rings (SSSR count). The molecule has 0 amide bonds. The predicted molar refractivity (Wildman–Crippen MR) is 95.4 cm³/mol. The van der Waals surface area contributed by atoms with Gasteiger partial charge in [-0.05, 0) is 57.1 Å². The number of fused-ring (bicyclic) bond motifs is 5. The minimum absolute atomic E-state index is 0.0599. The maximum atomic E-state index is 16.9. The molecule has 8 atom stereocenters. The summed E-state index contributed by atoms with van der Waals surface area (Å²) in [6.07, 6.45) is 1.32. The summed E-state index contributed by atoms with van der Waals surface area (Å²) in [5.41, 5.74) is -6.87. The van der Waals surface area contributed by atoms with E-state index in [1.54, 1.807) is 6.92 Å². The van der Waals surface area contributed by atoms with Gasteiger partial charge in [0.05, 0.1) is 8.85 Å². The lowest BCUT2D eigenvalue weighted by molar-refractivity contribution is -0.217. The third kappa shape index (κ3) is 2.04. The molecule has 0 aliphatic heterocycles. The van der Waals surface area contributed by atoms with Crippen molar-refractivity contribution in [3.05, 3.63) is 23.8 Å². The van der Waals surface area contributed by atoms with Crippen LogP contribution in [0.3, 0.4) is 0 Å². The Hall–Kier alpha value is -1.37. The zero-order valence-electron chi connectivity index (χ0n) is 18.4. The number of hydrogen-bond acceptors (Lipinski definition) is 5. The van der Waals surface area contributed by atoms with Gasteiger partial charge in [-0.3, -0.25) is 9.59 Å². The highest BCUT2D eigenvalue weighted by atomic mass is 19.1. The van der Waals surface area contributed by atoms with Crippen LogP contribution in [0, 0.1) is 22.7 Å². The first-order valence-electron chi connectivity index (χ1n) is 10.9. The number of rotatable bonds is 2. The Morgan fingerprint density at radius 3 is 2.78 bits per heavy atom. The van der Waals surface area contributed by atoms with Crippen molar-refractivity contribution < 1.29 is 33.4 Å². The second-order valence-corrected chi connectivity index (χ2v) is 8.91. The molecule has 0 radical (unpaired) electrons. The molecule has 5 nitrogen and oxygen atoms in total. The fourth-order valence-corrected chi connectivity index (χ4v) is 6.40. The van der Waals surface area contributed by atoms with Gasteiger partial charge in [-0.15, -0.1) is 0 Å². The minimum atomic E-state index is -3.36. The number of alkyl halides is 1. The Kier molecular flexibility index (Phi) is 3.21. The van der Waals surface area contributed by atoms with E-state index in [9.17, 15) is 24.9 Å². The van der Waals surface area contributed by atoms with Crippen LogP contribution in [0.15, 0.2) is 23.8 Å². The van der Waals surface area contributed by atoms with Crippen LogP contribution in [-0.4, -0.2) is 50.8 Å². The first kappa shape index (κ1) is 15.5. The van der Waals surface area contributed by atoms with E-state index in [0.29, 0.717) is 12.0 Å². The van der Waals surface area contributed by atoms with Crippen LogP contribution in [0.25, 0.3) is 0 Å². The van der Waals surface area contributed by atoms with Gasteiger partial charge in [0, 0.05) is 18.1 Å². The predicted octanol–water partition coefficient (Wildman–Crippen LogP) is 1.65. The number of halogens is 1. The maximum absolute atomic E-state index is 16.9. The molecular weight excluding hydrogens is 351 g/mol. The van der Waals surface area contributed by atoms with Crippen LogP contribution < -0.4 is 0 Å². The van der Waals surface area contributed by atoms with E-state index in [4.69, 9.17) is 4.11 Å². The lowest BCUT2D eigenvalue weighted by Crippen LogP contribution is -2.69. The van der Waals surface area contributed by atoms with Gasteiger partial charge in [-0.25, -0.2) is 4.39 Å². The summed E-state index contributed by atoms with van der Waals surface area (Å²) >= 11 is 0. The summed E-state index contributed by atoms with van der Waals surface area (Å²) in [4.78, 5) is 24.5. The van der Waals surface area contributed by atoms with E-state index in [2.05, 4.69) is 0 Å². The topological polar surface area (TPSA) is 94.8 Å². The van der Waals surface area contributed by atoms with E-state index in [1.165, 1.54) is 25.2 Å². The van der Waals surface area contributed by atoms with Crippen LogP contribution in [0.4, 0.5) is 4.39 Å². The molecule has 0 aromatic rings. The molecular formula is C21H27FO5. The summed E-state index contributed by atoms with van der Waals surface area (Å²) in [6, 6.07) is 0. The van der Waals surface area contributed by atoms with E-state index in [-0.39, 0.29) is 25.0 Å². The fourth-order valence-electron chi connectivity index (χ4n) is 6.40. The summed E-state index contributed by atoms with van der Waals surface area (Å²) in [5.74, 6) is -3.26. The second kappa shape index (κ2) is 5.58. The van der Waals surface area contributed by atoms with Crippen LogP contribution in [0.5, 0.6) is 0 Å². The Morgan fingerprint density at radius 1 is 1.41 bits per heavy atom. The van der Waals surface area contributed by atoms with Gasteiger partial charge >= 0.3 is 0 Å². The van der Waals surface area contributed by atoms with Gasteiger partial charge in [0.15, 0.2) is 17.2 Å². The van der Waals surface area contributed by atoms with Crippen LogP contribution in [0.2, 0.25) is 0 Å². The Balaban J connectivity index is 1.84. The molecule has 0 aromatic heterocycles. The van der Waals surface area contributed by atoms with Crippen molar-refractivity contribution in [1.29, 1.82) is 0 Å². The Morgan fingerprint density at radius 2 is 2.11 bits per heavy atom. The van der Waals surface area contributed by atoms with Gasteiger partial charge in [0.25, 0.3) is 0 Å². The van der Waals surface area contributed by atoms with Crippen LogP contribution in [-0.2, 0) is 9.59 Å². The van der Waals surface area contributed by atoms with Gasteiger partial charge in [-0.2, -0.15) is 0 Å². The molecule has 148 valence electrons. The van der Waals surface area contributed by atoms with E-state index >= 15 is 4.39 Å². The highest BCUT2D eigenvalue weighted by Gasteiger charge is 2.73. The highest BCUT2D eigenvalue weighted by Crippen LogP contribution is 2.69. The zero-order valence-corrected chi connectivity index (χ0v) is 15.4. The number of aliphatic hydroxyl groups excluding tert-OH is 1. The number of hydrogen-bond donors (Lipinski definition) is 3. The molecule has 0 spiro atoms. The van der Waals surface area contributed by atoms with Crippen molar-refractivity contribution in [2.45, 2.75) is 63.3 Å². The van der Waals surface area contributed by atoms with E-state index < -0.39 is 58.8 Å². The molecule has 1 unspecified atom stereocenters. The monoisotopic (exact) mass is 381 g/mol. The summed E-state index contributed by atoms with van der Waals surface area (Å²) in [7, 11) is 0. The molecule has 3 saturated carbocycles. The van der Waals surface area contributed by atoms with Crippen LogP contribution >= 0.6 is 0 Å². The molecule has 0 heterocycles. The van der Waals surface area contributed by atoms with Gasteiger partial charge in [0.1, 0.15) is 12.2 Å². The number of carbonyl (C=O) groups excluding carboxylic acids is 2. The maximum Gasteiger partial charge on any atom is 0.190 e. The van der Waals surface area contributed by atoms with Crippen molar-refractivity contribution in [1.82, 2.24) is 0 Å². The molecule has 6 heteroatoms. The third-order valence-electron chi connectivity index (χ3n) is 8.02. The molecule has 27 heavy (non-hydrogen) atoms. The smallest absolute Gasteiger partial charge is 0.190 e. The van der Waals surface area contributed by atoms with Crippen molar-refractivity contribution in [3.8, 4) is 0 Å². The van der Waals surface area contributed by atoms with Crippen molar-refractivity contribution in [2.75, 3.05) is 6.56 Å².